The lowest BCUT2D eigenvalue weighted by Crippen LogP contribution is -2.03. The van der Waals surface area contributed by atoms with Gasteiger partial charge in [0.1, 0.15) is 0 Å². The van der Waals surface area contributed by atoms with Crippen LogP contribution in [0.1, 0.15) is 31.7 Å². The van der Waals surface area contributed by atoms with Crippen molar-refractivity contribution in [1.82, 2.24) is 0 Å². The highest BCUT2D eigenvalue weighted by atomic mass is 32.1. The molecule has 3 nitrogen and oxygen atoms in total. The number of nitriles is 1. The van der Waals surface area contributed by atoms with Gasteiger partial charge in [-0.3, -0.25) is 4.79 Å². The average Bonchev–Trinajstić information content (AvgIpc) is 3.03. The predicted molar refractivity (Wildman–Crippen MR) is 79.2 cm³/mol. The number of esters is 1. The van der Waals surface area contributed by atoms with Crippen LogP contribution >= 0.6 is 22.7 Å². The minimum absolute atomic E-state index is 0.198. The number of hydrogen-bond acceptors (Lipinski definition) is 5. The minimum atomic E-state index is -0.230. The molecule has 20 heavy (non-hydrogen) atoms. The van der Waals surface area contributed by atoms with Gasteiger partial charge in [0.2, 0.25) is 0 Å². The third-order valence-corrected chi connectivity index (χ3v) is 5.76. The van der Waals surface area contributed by atoms with E-state index in [1.54, 1.807) is 22.7 Å². The molecule has 1 unspecified atom stereocenters. The number of carbonyl (C=O) groups is 1. The summed E-state index contributed by atoms with van der Waals surface area (Å²) >= 11 is 3.37. The molecule has 1 atom stereocenters. The third-order valence-electron chi connectivity index (χ3n) is 3.55. The molecule has 0 fully saturated rings. The number of hydrogen-bond donors (Lipinski definition) is 0. The lowest BCUT2D eigenvalue weighted by Gasteiger charge is -2.06. The van der Waals surface area contributed by atoms with E-state index in [-0.39, 0.29) is 11.9 Å². The number of carbonyl (C=O) groups excluding carboxylic acids is 1. The second kappa shape index (κ2) is 5.39. The number of ether oxygens (including phenoxy) is 1. The maximum atomic E-state index is 11.4. The summed E-state index contributed by atoms with van der Waals surface area (Å²) in [4.78, 5) is 14.9. The molecule has 1 aliphatic carbocycles. The van der Waals surface area contributed by atoms with Crippen molar-refractivity contribution in [1.29, 1.82) is 5.26 Å². The molecule has 0 radical (unpaired) electrons. The van der Waals surface area contributed by atoms with E-state index in [1.165, 1.54) is 16.9 Å². The van der Waals surface area contributed by atoms with E-state index >= 15 is 0 Å². The van der Waals surface area contributed by atoms with Crippen LogP contribution in [0.3, 0.4) is 0 Å². The summed E-state index contributed by atoms with van der Waals surface area (Å²) in [6.45, 7) is 0. The van der Waals surface area contributed by atoms with Gasteiger partial charge in [0.05, 0.1) is 25.5 Å². The van der Waals surface area contributed by atoms with Crippen molar-refractivity contribution in [3.8, 4) is 6.07 Å². The van der Waals surface area contributed by atoms with E-state index in [2.05, 4.69) is 17.5 Å². The molecule has 0 saturated carbocycles. The number of rotatable bonds is 2. The monoisotopic (exact) mass is 303 g/mol. The first-order valence-corrected chi connectivity index (χ1v) is 8.06. The van der Waals surface area contributed by atoms with Crippen LogP contribution in [-0.4, -0.2) is 13.1 Å². The summed E-state index contributed by atoms with van der Waals surface area (Å²) in [5.74, 6) is -0.428. The predicted octanol–water partition coefficient (Wildman–Crippen LogP) is 3.28. The highest BCUT2D eigenvalue weighted by Crippen LogP contribution is 2.40. The van der Waals surface area contributed by atoms with Crippen LogP contribution in [0.2, 0.25) is 0 Å². The van der Waals surface area contributed by atoms with Crippen LogP contribution in [0.15, 0.2) is 17.5 Å². The van der Waals surface area contributed by atoms with Crippen molar-refractivity contribution in [2.24, 2.45) is 0 Å². The summed E-state index contributed by atoms with van der Waals surface area (Å²) in [5.41, 5.74) is 2.22. The van der Waals surface area contributed by atoms with Gasteiger partial charge in [-0.05, 0) is 41.5 Å². The van der Waals surface area contributed by atoms with Crippen molar-refractivity contribution in [3.05, 3.63) is 43.3 Å². The molecule has 2 aromatic rings. The van der Waals surface area contributed by atoms with Gasteiger partial charge in [0.15, 0.2) is 0 Å². The number of fused-ring (bicyclic) bond motifs is 2. The number of methoxy groups -OCH3 is 1. The molecule has 5 heteroatoms. The van der Waals surface area contributed by atoms with Crippen molar-refractivity contribution in [2.75, 3.05) is 7.11 Å². The van der Waals surface area contributed by atoms with Gasteiger partial charge in [0.25, 0.3) is 0 Å². The van der Waals surface area contributed by atoms with Gasteiger partial charge in [0, 0.05) is 14.6 Å². The van der Waals surface area contributed by atoms with Crippen LogP contribution in [0.5, 0.6) is 0 Å². The Bertz CT molecular complexity index is 693. The SMILES string of the molecule is COC(=O)Cc1cc2c(s1)CCc1sccc1C2C#N. The summed E-state index contributed by atoms with van der Waals surface area (Å²) in [5, 5.41) is 11.6. The summed E-state index contributed by atoms with van der Waals surface area (Å²) in [6.07, 6.45) is 2.23. The van der Waals surface area contributed by atoms with Crippen LogP contribution in [-0.2, 0) is 28.8 Å². The average molecular weight is 303 g/mol. The zero-order valence-electron chi connectivity index (χ0n) is 11.0. The lowest BCUT2D eigenvalue weighted by molar-refractivity contribution is -0.139. The molecule has 0 saturated heterocycles. The van der Waals surface area contributed by atoms with Gasteiger partial charge in [-0.25, -0.2) is 0 Å². The normalized spacial score (nSPS) is 16.7. The fourth-order valence-corrected chi connectivity index (χ4v) is 4.70. The summed E-state index contributed by atoms with van der Waals surface area (Å²) in [6, 6.07) is 6.49. The molecule has 0 amide bonds. The largest absolute Gasteiger partial charge is 0.469 e. The zero-order chi connectivity index (χ0) is 14.1. The number of aryl methyl sites for hydroxylation is 2. The van der Waals surface area contributed by atoms with E-state index in [0.717, 1.165) is 28.8 Å². The van der Waals surface area contributed by atoms with Gasteiger partial charge < -0.3 is 4.74 Å². The summed E-state index contributed by atoms with van der Waals surface area (Å²) < 4.78 is 4.71. The standard InChI is InChI=1S/C15H13NO2S2/c1-18-15(17)7-9-6-11-12(8-16)10-4-5-19-13(10)2-3-14(11)20-9/h4-6,12H,2-3,7H2,1H3. The van der Waals surface area contributed by atoms with E-state index in [4.69, 9.17) is 4.74 Å². The molecule has 0 bridgehead atoms. The van der Waals surface area contributed by atoms with Crippen molar-refractivity contribution in [3.63, 3.8) is 0 Å². The molecule has 2 heterocycles. The maximum absolute atomic E-state index is 11.4. The highest BCUT2D eigenvalue weighted by molar-refractivity contribution is 7.12. The first kappa shape index (κ1) is 13.3. The Hall–Kier alpha value is -1.64. The lowest BCUT2D eigenvalue weighted by atomic mass is 9.95. The molecule has 102 valence electrons. The quantitative estimate of drug-likeness (QED) is 0.800. The van der Waals surface area contributed by atoms with Gasteiger partial charge >= 0.3 is 5.97 Å². The van der Waals surface area contributed by atoms with E-state index in [9.17, 15) is 10.1 Å². The van der Waals surface area contributed by atoms with Gasteiger partial charge in [-0.1, -0.05) is 0 Å². The molecule has 3 rings (SSSR count). The number of nitrogens with zero attached hydrogens (tertiary/aromatic N) is 1. The van der Waals surface area contributed by atoms with Gasteiger partial charge in [-0.2, -0.15) is 5.26 Å². The van der Waals surface area contributed by atoms with E-state index < -0.39 is 0 Å². The Morgan fingerprint density at radius 2 is 2.25 bits per heavy atom. The van der Waals surface area contributed by atoms with Crippen molar-refractivity contribution in [2.45, 2.75) is 25.2 Å². The van der Waals surface area contributed by atoms with Gasteiger partial charge in [-0.15, -0.1) is 22.7 Å². The van der Waals surface area contributed by atoms with Crippen molar-refractivity contribution < 1.29 is 9.53 Å². The molecular weight excluding hydrogens is 290 g/mol. The smallest absolute Gasteiger partial charge is 0.310 e. The van der Waals surface area contributed by atoms with Crippen LogP contribution < -0.4 is 0 Å². The fourth-order valence-electron chi connectivity index (χ4n) is 2.59. The van der Waals surface area contributed by atoms with Crippen molar-refractivity contribution >= 4 is 28.6 Å². The zero-order valence-corrected chi connectivity index (χ0v) is 12.6. The Balaban J connectivity index is 2.00. The van der Waals surface area contributed by atoms with E-state index in [0.29, 0.717) is 6.42 Å². The Kier molecular flexibility index (Phi) is 3.60. The molecular formula is C15H13NO2S2. The van der Waals surface area contributed by atoms with E-state index in [1.807, 2.05) is 6.07 Å². The molecule has 1 aliphatic rings. The highest BCUT2D eigenvalue weighted by Gasteiger charge is 2.26. The number of thiophene rings is 2. The first-order valence-electron chi connectivity index (χ1n) is 6.37. The molecule has 2 aromatic heterocycles. The first-order chi connectivity index (χ1) is 9.72. The minimum Gasteiger partial charge on any atom is -0.469 e. The molecule has 0 aliphatic heterocycles. The van der Waals surface area contributed by atoms with Crippen LogP contribution in [0.25, 0.3) is 0 Å². The Morgan fingerprint density at radius 1 is 1.45 bits per heavy atom. The van der Waals surface area contributed by atoms with Crippen LogP contribution in [0, 0.1) is 11.3 Å². The summed E-state index contributed by atoms with van der Waals surface area (Å²) in [7, 11) is 1.40. The third kappa shape index (κ3) is 2.26. The fraction of sp³-hybridized carbons (Fsp3) is 0.333. The Morgan fingerprint density at radius 3 is 3.00 bits per heavy atom. The topological polar surface area (TPSA) is 50.1 Å². The second-order valence-corrected chi connectivity index (χ2v) is 6.93. The Labute approximate surface area is 125 Å². The maximum Gasteiger partial charge on any atom is 0.310 e. The molecule has 0 N–H and O–H groups in total. The second-order valence-electron chi connectivity index (χ2n) is 4.71. The molecule has 0 aromatic carbocycles. The molecule has 0 spiro atoms. The van der Waals surface area contributed by atoms with Crippen LogP contribution in [0.4, 0.5) is 0 Å².